The van der Waals surface area contributed by atoms with Gasteiger partial charge in [-0.25, -0.2) is 4.98 Å². The van der Waals surface area contributed by atoms with Crippen molar-refractivity contribution in [2.45, 2.75) is 0 Å². The van der Waals surface area contributed by atoms with Gasteiger partial charge in [0.15, 0.2) is 5.69 Å². The lowest BCUT2D eigenvalue weighted by Gasteiger charge is -2.02. The van der Waals surface area contributed by atoms with Crippen LogP contribution in [-0.2, 0) is 0 Å². The fourth-order valence-electron chi connectivity index (χ4n) is 0.822. The number of carbonyl (C=O) groups excluding carboxylic acids is 1. The van der Waals surface area contributed by atoms with Crippen LogP contribution in [0.5, 0.6) is 0 Å². The maximum atomic E-state index is 11.3. The van der Waals surface area contributed by atoms with E-state index in [0.29, 0.717) is 5.69 Å². The highest BCUT2D eigenvalue weighted by Gasteiger charge is 2.08. The minimum atomic E-state index is -0.351. The summed E-state index contributed by atoms with van der Waals surface area (Å²) >= 11 is 0. The number of hydrogen-bond donors (Lipinski definition) is 2. The van der Waals surface area contributed by atoms with Gasteiger partial charge in [-0.15, -0.1) is 6.42 Å². The van der Waals surface area contributed by atoms with Gasteiger partial charge < -0.3 is 11.1 Å². The second kappa shape index (κ2) is 4.12. The van der Waals surface area contributed by atoms with Gasteiger partial charge in [-0.3, -0.25) is 4.79 Å². The number of pyridine rings is 1. The van der Waals surface area contributed by atoms with E-state index in [1.54, 1.807) is 12.1 Å². The van der Waals surface area contributed by atoms with Crippen LogP contribution in [0.3, 0.4) is 0 Å². The molecular weight excluding hydrogens is 166 g/mol. The Morgan fingerprint density at radius 3 is 3.15 bits per heavy atom. The van der Waals surface area contributed by atoms with E-state index in [2.05, 4.69) is 16.2 Å². The fourth-order valence-corrected chi connectivity index (χ4v) is 0.822. The van der Waals surface area contributed by atoms with Crippen LogP contribution in [0.2, 0.25) is 0 Å². The summed E-state index contributed by atoms with van der Waals surface area (Å²) in [4.78, 5) is 15.1. The molecule has 0 spiro atoms. The average Bonchev–Trinajstić information content (AvgIpc) is 2.15. The molecule has 0 aliphatic carbocycles. The van der Waals surface area contributed by atoms with Crippen molar-refractivity contribution >= 4 is 11.6 Å². The standard InChI is InChI=1S/C9H9N3O/c1-2-5-12-9(13)8-7(10)4-3-6-11-8/h1,3-4,6H,5,10H2,(H,12,13). The highest BCUT2D eigenvalue weighted by atomic mass is 16.1. The lowest BCUT2D eigenvalue weighted by Crippen LogP contribution is -2.25. The minimum absolute atomic E-state index is 0.175. The third kappa shape index (κ3) is 2.20. The Morgan fingerprint density at radius 1 is 1.77 bits per heavy atom. The normalized spacial score (nSPS) is 8.85. The number of amides is 1. The number of anilines is 1. The first kappa shape index (κ1) is 9.07. The molecule has 4 nitrogen and oxygen atoms in total. The van der Waals surface area contributed by atoms with E-state index in [0.717, 1.165) is 0 Å². The number of terminal acetylenes is 1. The SMILES string of the molecule is C#CCNC(=O)c1ncccc1N. The van der Waals surface area contributed by atoms with Gasteiger partial charge in [0, 0.05) is 6.20 Å². The molecule has 0 aliphatic rings. The maximum absolute atomic E-state index is 11.3. The predicted molar refractivity (Wildman–Crippen MR) is 49.8 cm³/mol. The molecule has 3 N–H and O–H groups in total. The van der Waals surface area contributed by atoms with Crippen LogP contribution in [0.15, 0.2) is 18.3 Å². The van der Waals surface area contributed by atoms with Gasteiger partial charge in [0.25, 0.3) is 5.91 Å². The number of nitrogens with two attached hydrogens (primary N) is 1. The number of nitrogens with zero attached hydrogens (tertiary/aromatic N) is 1. The zero-order valence-electron chi connectivity index (χ0n) is 6.95. The molecule has 1 amide bonds. The molecule has 1 aromatic rings. The summed E-state index contributed by atoms with van der Waals surface area (Å²) in [5.41, 5.74) is 6.07. The Morgan fingerprint density at radius 2 is 2.54 bits per heavy atom. The van der Waals surface area contributed by atoms with E-state index >= 15 is 0 Å². The second-order valence-electron chi connectivity index (χ2n) is 2.33. The van der Waals surface area contributed by atoms with E-state index in [1.807, 2.05) is 0 Å². The van der Waals surface area contributed by atoms with Crippen molar-refractivity contribution in [1.82, 2.24) is 10.3 Å². The van der Waals surface area contributed by atoms with Crippen molar-refractivity contribution in [2.75, 3.05) is 12.3 Å². The lowest BCUT2D eigenvalue weighted by molar-refractivity contribution is 0.0955. The molecule has 1 aromatic heterocycles. The van der Waals surface area contributed by atoms with Crippen LogP contribution >= 0.6 is 0 Å². The minimum Gasteiger partial charge on any atom is -0.397 e. The summed E-state index contributed by atoms with van der Waals surface area (Å²) in [6, 6.07) is 3.27. The predicted octanol–water partition coefficient (Wildman–Crippen LogP) is 0.0268. The molecule has 0 unspecified atom stereocenters. The maximum Gasteiger partial charge on any atom is 0.272 e. The molecule has 1 rings (SSSR count). The first-order valence-corrected chi connectivity index (χ1v) is 3.68. The Balaban J connectivity index is 2.78. The monoisotopic (exact) mass is 175 g/mol. The van der Waals surface area contributed by atoms with E-state index < -0.39 is 0 Å². The molecule has 0 saturated heterocycles. The zero-order valence-corrected chi connectivity index (χ0v) is 6.95. The van der Waals surface area contributed by atoms with Crippen molar-refractivity contribution in [3.8, 4) is 12.3 Å². The van der Waals surface area contributed by atoms with Gasteiger partial charge in [-0.1, -0.05) is 5.92 Å². The van der Waals surface area contributed by atoms with Gasteiger partial charge in [0.1, 0.15) is 0 Å². The number of nitrogen functional groups attached to an aromatic ring is 1. The van der Waals surface area contributed by atoms with Crippen LogP contribution in [0, 0.1) is 12.3 Å². The van der Waals surface area contributed by atoms with Crippen molar-refractivity contribution in [1.29, 1.82) is 0 Å². The van der Waals surface area contributed by atoms with Crippen molar-refractivity contribution < 1.29 is 4.79 Å². The zero-order chi connectivity index (χ0) is 9.68. The third-order valence-electron chi connectivity index (χ3n) is 1.41. The Hall–Kier alpha value is -2.02. The Bertz CT molecular complexity index is 354. The van der Waals surface area contributed by atoms with Gasteiger partial charge in [-0.05, 0) is 12.1 Å². The molecule has 66 valence electrons. The summed E-state index contributed by atoms with van der Waals surface area (Å²) in [5.74, 6) is 1.94. The second-order valence-corrected chi connectivity index (χ2v) is 2.33. The van der Waals surface area contributed by atoms with E-state index in [-0.39, 0.29) is 18.1 Å². The average molecular weight is 175 g/mol. The van der Waals surface area contributed by atoms with Gasteiger partial charge in [0.05, 0.1) is 12.2 Å². The summed E-state index contributed by atoms with van der Waals surface area (Å²) in [6.45, 7) is 0.175. The molecule has 0 fully saturated rings. The van der Waals surface area contributed by atoms with Crippen molar-refractivity contribution in [2.24, 2.45) is 0 Å². The molecule has 0 aromatic carbocycles. The van der Waals surface area contributed by atoms with Gasteiger partial charge in [0.2, 0.25) is 0 Å². The van der Waals surface area contributed by atoms with Crippen LogP contribution < -0.4 is 11.1 Å². The summed E-state index contributed by atoms with van der Waals surface area (Å²) < 4.78 is 0. The largest absolute Gasteiger partial charge is 0.397 e. The summed E-state index contributed by atoms with van der Waals surface area (Å²) in [6.07, 6.45) is 6.48. The number of rotatable bonds is 2. The molecule has 0 aliphatic heterocycles. The van der Waals surface area contributed by atoms with E-state index in [9.17, 15) is 4.79 Å². The Labute approximate surface area is 76.2 Å². The van der Waals surface area contributed by atoms with Gasteiger partial charge >= 0.3 is 0 Å². The quantitative estimate of drug-likeness (QED) is 0.623. The molecular formula is C9H9N3O. The van der Waals surface area contributed by atoms with E-state index in [4.69, 9.17) is 12.2 Å². The summed E-state index contributed by atoms with van der Waals surface area (Å²) in [7, 11) is 0. The fraction of sp³-hybridized carbons (Fsp3) is 0.111. The number of carbonyl (C=O) groups is 1. The first-order valence-electron chi connectivity index (χ1n) is 3.68. The number of nitrogens with one attached hydrogen (secondary N) is 1. The molecule has 13 heavy (non-hydrogen) atoms. The Kier molecular flexibility index (Phi) is 2.87. The van der Waals surface area contributed by atoms with Crippen molar-refractivity contribution in [3.63, 3.8) is 0 Å². The molecule has 0 atom stereocenters. The molecule has 0 saturated carbocycles. The van der Waals surface area contributed by atoms with Crippen LogP contribution in [-0.4, -0.2) is 17.4 Å². The van der Waals surface area contributed by atoms with Gasteiger partial charge in [-0.2, -0.15) is 0 Å². The molecule has 0 radical (unpaired) electrons. The third-order valence-corrected chi connectivity index (χ3v) is 1.41. The topological polar surface area (TPSA) is 68.0 Å². The van der Waals surface area contributed by atoms with E-state index in [1.165, 1.54) is 6.20 Å². The summed E-state index contributed by atoms with van der Waals surface area (Å²) in [5, 5.41) is 2.47. The first-order chi connectivity index (χ1) is 6.25. The number of hydrogen-bond acceptors (Lipinski definition) is 3. The van der Waals surface area contributed by atoms with Crippen molar-refractivity contribution in [3.05, 3.63) is 24.0 Å². The smallest absolute Gasteiger partial charge is 0.272 e. The lowest BCUT2D eigenvalue weighted by atomic mass is 10.3. The highest BCUT2D eigenvalue weighted by molar-refractivity contribution is 5.97. The molecule has 4 heteroatoms. The van der Waals surface area contributed by atoms with Crippen LogP contribution in [0.4, 0.5) is 5.69 Å². The number of aromatic nitrogens is 1. The highest BCUT2D eigenvalue weighted by Crippen LogP contribution is 2.05. The molecule has 1 heterocycles. The molecule has 0 bridgehead atoms. The van der Waals surface area contributed by atoms with Crippen LogP contribution in [0.25, 0.3) is 0 Å². The van der Waals surface area contributed by atoms with Crippen LogP contribution in [0.1, 0.15) is 10.5 Å².